The lowest BCUT2D eigenvalue weighted by atomic mass is 9.98. The van der Waals surface area contributed by atoms with Gasteiger partial charge >= 0.3 is 5.69 Å². The number of aromatic nitrogens is 2. The van der Waals surface area contributed by atoms with Gasteiger partial charge in [-0.1, -0.05) is 0 Å². The average Bonchev–Trinajstić information content (AvgIpc) is 2.67. The molecule has 2 heterocycles. The number of H-pyrrole nitrogens is 1. The zero-order chi connectivity index (χ0) is 17.8. The van der Waals surface area contributed by atoms with E-state index in [1.54, 1.807) is 42.3 Å². The van der Waals surface area contributed by atoms with Crippen molar-refractivity contribution >= 4 is 5.91 Å². The number of nitrogens with one attached hydrogen (secondary N) is 1. The Balaban J connectivity index is 1.85. The normalized spacial score (nSPS) is 14.8. The lowest BCUT2D eigenvalue weighted by Gasteiger charge is -2.29. The Labute approximate surface area is 144 Å². The van der Waals surface area contributed by atoms with Gasteiger partial charge in [0.05, 0.1) is 18.9 Å². The Bertz CT molecular complexity index is 859. The summed E-state index contributed by atoms with van der Waals surface area (Å²) in [7, 11) is 1.58. The average molecular weight is 338 g/mol. The molecule has 128 valence electrons. The van der Waals surface area contributed by atoms with E-state index in [2.05, 4.69) is 16.0 Å². The number of piperidine rings is 1. The number of benzene rings is 1. The molecule has 0 aliphatic carbocycles. The molecule has 1 aromatic carbocycles. The molecule has 0 unspecified atom stereocenters. The van der Waals surface area contributed by atoms with Crippen LogP contribution in [0.15, 0.2) is 35.1 Å². The van der Waals surface area contributed by atoms with E-state index in [4.69, 9.17) is 10.00 Å². The van der Waals surface area contributed by atoms with Crippen LogP contribution in [0.3, 0.4) is 0 Å². The third-order valence-electron chi connectivity index (χ3n) is 4.33. The Morgan fingerprint density at radius 3 is 2.60 bits per heavy atom. The Kier molecular flexibility index (Phi) is 4.80. The van der Waals surface area contributed by atoms with Crippen LogP contribution in [0.4, 0.5) is 0 Å². The van der Waals surface area contributed by atoms with Gasteiger partial charge in [0, 0.05) is 24.6 Å². The molecule has 25 heavy (non-hydrogen) atoms. The number of nitriles is 1. The second-order valence-electron chi connectivity index (χ2n) is 5.91. The smallest absolute Gasteiger partial charge is 0.346 e. The molecule has 2 aromatic rings. The van der Waals surface area contributed by atoms with Gasteiger partial charge in [-0.25, -0.2) is 4.79 Å². The Morgan fingerprint density at radius 1 is 1.32 bits per heavy atom. The van der Waals surface area contributed by atoms with Gasteiger partial charge in [-0.15, -0.1) is 0 Å². The number of rotatable bonds is 3. The molecule has 0 radical (unpaired) electrons. The van der Waals surface area contributed by atoms with Gasteiger partial charge in [0.25, 0.3) is 5.91 Å². The Morgan fingerprint density at radius 2 is 2.00 bits per heavy atom. The molecule has 1 amide bonds. The van der Waals surface area contributed by atoms with Crippen LogP contribution in [-0.4, -0.2) is 41.0 Å². The molecular formula is C18H18N4O3. The van der Waals surface area contributed by atoms with E-state index in [1.165, 1.54) is 0 Å². The molecule has 1 fully saturated rings. The highest BCUT2D eigenvalue weighted by Crippen LogP contribution is 2.21. The molecule has 3 rings (SSSR count). The van der Waals surface area contributed by atoms with Crippen LogP contribution < -0.4 is 10.4 Å². The molecule has 7 heteroatoms. The van der Waals surface area contributed by atoms with Gasteiger partial charge in [-0.3, -0.25) is 4.79 Å². The summed E-state index contributed by atoms with van der Waals surface area (Å²) in [6.45, 7) is 1.03. The fourth-order valence-corrected chi connectivity index (χ4v) is 2.86. The van der Waals surface area contributed by atoms with Gasteiger partial charge in [0.2, 0.25) is 0 Å². The van der Waals surface area contributed by atoms with E-state index in [0.29, 0.717) is 37.4 Å². The summed E-state index contributed by atoms with van der Waals surface area (Å²) >= 11 is 0. The summed E-state index contributed by atoms with van der Waals surface area (Å²) in [5.41, 5.74) is 0.801. The van der Waals surface area contributed by atoms with Gasteiger partial charge < -0.3 is 14.6 Å². The summed E-state index contributed by atoms with van der Waals surface area (Å²) < 4.78 is 5.12. The first-order chi connectivity index (χ1) is 12.1. The summed E-state index contributed by atoms with van der Waals surface area (Å²) in [5, 5.41) is 8.95. The number of hydrogen-bond acceptors (Lipinski definition) is 5. The molecule has 1 aliphatic heterocycles. The van der Waals surface area contributed by atoms with Crippen molar-refractivity contribution < 1.29 is 9.53 Å². The van der Waals surface area contributed by atoms with Crippen LogP contribution in [-0.2, 0) is 0 Å². The first-order valence-corrected chi connectivity index (χ1v) is 8.05. The molecule has 0 spiro atoms. The standard InChI is InChI=1S/C18H18N4O3/c1-25-14-4-2-13(3-5-14)15-10-16(21-18(24)20-15)17(23)22-8-6-12(11-19)7-9-22/h2-5,10,12H,6-9H2,1H3,(H,20,21,24). The SMILES string of the molecule is COc1ccc(-c2cc(C(=O)N3CCC(C#N)CC3)[nH]c(=O)n2)cc1. The number of carbonyl (C=O) groups excluding carboxylic acids is 1. The number of aromatic amines is 1. The van der Waals surface area contributed by atoms with Crippen LogP contribution in [0.1, 0.15) is 23.3 Å². The highest BCUT2D eigenvalue weighted by Gasteiger charge is 2.24. The first-order valence-electron chi connectivity index (χ1n) is 8.05. The molecule has 0 atom stereocenters. The van der Waals surface area contributed by atoms with Crippen molar-refractivity contribution in [3.05, 3.63) is 46.5 Å². The van der Waals surface area contributed by atoms with Gasteiger partial charge in [-0.05, 0) is 43.2 Å². The number of likely N-dealkylation sites (tertiary alicyclic amines) is 1. The molecule has 1 aliphatic rings. The largest absolute Gasteiger partial charge is 0.497 e. The van der Waals surface area contributed by atoms with Crippen LogP contribution in [0, 0.1) is 17.2 Å². The minimum atomic E-state index is -0.566. The monoisotopic (exact) mass is 338 g/mol. The van der Waals surface area contributed by atoms with Crippen molar-refractivity contribution in [3.8, 4) is 23.1 Å². The maximum Gasteiger partial charge on any atom is 0.346 e. The quantitative estimate of drug-likeness (QED) is 0.920. The second kappa shape index (κ2) is 7.18. The van der Waals surface area contributed by atoms with Crippen molar-refractivity contribution in [1.82, 2.24) is 14.9 Å². The van der Waals surface area contributed by atoms with Crippen LogP contribution >= 0.6 is 0 Å². The van der Waals surface area contributed by atoms with E-state index < -0.39 is 5.69 Å². The van der Waals surface area contributed by atoms with E-state index >= 15 is 0 Å². The minimum absolute atomic E-state index is 0.00426. The summed E-state index contributed by atoms with van der Waals surface area (Å²) in [5.74, 6) is 0.450. The third-order valence-corrected chi connectivity index (χ3v) is 4.33. The molecule has 1 N–H and O–H groups in total. The summed E-state index contributed by atoms with van der Waals surface area (Å²) in [6, 6.07) is 10.9. The molecule has 0 bridgehead atoms. The number of hydrogen-bond donors (Lipinski definition) is 1. The summed E-state index contributed by atoms with van der Waals surface area (Å²) in [4.78, 5) is 32.7. The van der Waals surface area contributed by atoms with Crippen LogP contribution in [0.25, 0.3) is 11.3 Å². The van der Waals surface area contributed by atoms with Crippen molar-refractivity contribution in [2.75, 3.05) is 20.2 Å². The lowest BCUT2D eigenvalue weighted by Crippen LogP contribution is -2.39. The minimum Gasteiger partial charge on any atom is -0.497 e. The predicted octanol–water partition coefficient (Wildman–Crippen LogP) is 1.82. The van der Waals surface area contributed by atoms with Gasteiger partial charge in [-0.2, -0.15) is 10.2 Å². The van der Waals surface area contributed by atoms with E-state index in [1.807, 2.05) is 0 Å². The summed E-state index contributed by atoms with van der Waals surface area (Å²) in [6.07, 6.45) is 1.31. The fourth-order valence-electron chi connectivity index (χ4n) is 2.86. The number of ether oxygens (including phenoxy) is 1. The zero-order valence-corrected chi connectivity index (χ0v) is 13.9. The first kappa shape index (κ1) is 16.7. The van der Waals surface area contributed by atoms with Gasteiger partial charge in [0.15, 0.2) is 0 Å². The maximum absolute atomic E-state index is 12.7. The molecule has 1 aromatic heterocycles. The van der Waals surface area contributed by atoms with E-state index in [9.17, 15) is 9.59 Å². The van der Waals surface area contributed by atoms with Gasteiger partial charge in [0.1, 0.15) is 11.4 Å². The molecule has 1 saturated heterocycles. The number of carbonyl (C=O) groups is 1. The van der Waals surface area contributed by atoms with E-state index in [0.717, 1.165) is 5.56 Å². The highest BCUT2D eigenvalue weighted by molar-refractivity contribution is 5.93. The lowest BCUT2D eigenvalue weighted by molar-refractivity contribution is 0.0701. The van der Waals surface area contributed by atoms with Crippen molar-refractivity contribution in [1.29, 1.82) is 5.26 Å². The topological polar surface area (TPSA) is 99.1 Å². The zero-order valence-electron chi connectivity index (χ0n) is 13.9. The van der Waals surface area contributed by atoms with Crippen molar-refractivity contribution in [3.63, 3.8) is 0 Å². The molecule has 7 nitrogen and oxygen atoms in total. The highest BCUT2D eigenvalue weighted by atomic mass is 16.5. The Hall–Kier alpha value is -3.14. The molecular weight excluding hydrogens is 320 g/mol. The number of amides is 1. The van der Waals surface area contributed by atoms with Crippen LogP contribution in [0.5, 0.6) is 5.75 Å². The van der Waals surface area contributed by atoms with Crippen molar-refractivity contribution in [2.45, 2.75) is 12.8 Å². The fraction of sp³-hybridized carbons (Fsp3) is 0.333. The third kappa shape index (κ3) is 3.69. The van der Waals surface area contributed by atoms with E-state index in [-0.39, 0.29) is 17.5 Å². The number of methoxy groups -OCH3 is 1. The predicted molar refractivity (Wildman–Crippen MR) is 91.1 cm³/mol. The maximum atomic E-state index is 12.7. The molecule has 0 saturated carbocycles. The van der Waals surface area contributed by atoms with Crippen molar-refractivity contribution in [2.24, 2.45) is 5.92 Å². The second-order valence-corrected chi connectivity index (χ2v) is 5.91. The van der Waals surface area contributed by atoms with Crippen LogP contribution in [0.2, 0.25) is 0 Å². The number of nitrogens with zero attached hydrogens (tertiary/aromatic N) is 3.